The Morgan fingerprint density at radius 2 is 1.73 bits per heavy atom. The van der Waals surface area contributed by atoms with Crippen LogP contribution in [0.3, 0.4) is 0 Å². The molecule has 0 fully saturated rings. The molecule has 0 radical (unpaired) electrons. The highest BCUT2D eigenvalue weighted by molar-refractivity contribution is 6.03. The van der Waals surface area contributed by atoms with E-state index >= 15 is 0 Å². The number of amides is 2. The molecule has 0 aromatic heterocycles. The van der Waals surface area contributed by atoms with Crippen LogP contribution in [0.4, 0.5) is 5.69 Å². The number of rotatable bonds is 8. The number of nitrogens with one attached hydrogen (secondary N) is 2. The van der Waals surface area contributed by atoms with Gasteiger partial charge in [-0.1, -0.05) is 42.0 Å². The highest BCUT2D eigenvalue weighted by Gasteiger charge is 2.12. The number of carbonyl (C=O) groups excluding carboxylic acids is 2. The average molecular weight is 376 g/mol. The number of nitrogens with two attached hydrogens (primary N) is 1. The van der Waals surface area contributed by atoms with E-state index in [4.69, 9.17) is 5.73 Å². The van der Waals surface area contributed by atoms with Gasteiger partial charge in [-0.25, -0.2) is 0 Å². The molecule has 2 amide bonds. The van der Waals surface area contributed by atoms with Crippen LogP contribution in [-0.2, 0) is 11.2 Å². The molecule has 0 aliphatic carbocycles. The van der Waals surface area contributed by atoms with Gasteiger partial charge in [0.15, 0.2) is 0 Å². The topological polar surface area (TPSA) is 84.2 Å². The van der Waals surface area contributed by atoms with Crippen molar-refractivity contribution in [1.29, 1.82) is 0 Å². The minimum Gasteiger partial charge on any atom is -0.351 e. The molecule has 0 atom stereocenters. The first-order valence-electron chi connectivity index (χ1n) is 8.53. The van der Waals surface area contributed by atoms with Gasteiger partial charge in [-0.05, 0) is 37.5 Å². The van der Waals surface area contributed by atoms with E-state index in [1.165, 1.54) is 11.1 Å². The molecular formula is C20H26ClN3O2. The number of para-hydroxylation sites is 1. The van der Waals surface area contributed by atoms with Crippen molar-refractivity contribution in [2.75, 3.05) is 18.4 Å². The van der Waals surface area contributed by atoms with E-state index in [0.29, 0.717) is 30.8 Å². The summed E-state index contributed by atoms with van der Waals surface area (Å²) in [4.78, 5) is 24.3. The Morgan fingerprint density at radius 3 is 2.42 bits per heavy atom. The summed E-state index contributed by atoms with van der Waals surface area (Å²) in [6.45, 7) is 2.83. The summed E-state index contributed by atoms with van der Waals surface area (Å²) in [5.74, 6) is -0.327. The molecule has 0 heterocycles. The van der Waals surface area contributed by atoms with Crippen molar-refractivity contribution in [2.24, 2.45) is 5.73 Å². The van der Waals surface area contributed by atoms with Crippen LogP contribution in [0.5, 0.6) is 0 Å². The summed E-state index contributed by atoms with van der Waals surface area (Å²) in [5, 5.41) is 5.55. The lowest BCUT2D eigenvalue weighted by molar-refractivity contribution is -0.116. The normalized spacial score (nSPS) is 9.92. The van der Waals surface area contributed by atoms with Gasteiger partial charge in [0.1, 0.15) is 0 Å². The molecule has 4 N–H and O–H groups in total. The lowest BCUT2D eigenvalue weighted by Gasteiger charge is -2.11. The number of anilines is 1. The summed E-state index contributed by atoms with van der Waals surface area (Å²) >= 11 is 0. The second kappa shape index (κ2) is 11.3. The van der Waals surface area contributed by atoms with Gasteiger partial charge in [-0.2, -0.15) is 0 Å². The third-order valence-electron chi connectivity index (χ3n) is 3.87. The van der Waals surface area contributed by atoms with Gasteiger partial charge in [0, 0.05) is 19.5 Å². The number of benzene rings is 2. The van der Waals surface area contributed by atoms with Crippen LogP contribution in [0, 0.1) is 6.92 Å². The summed E-state index contributed by atoms with van der Waals surface area (Å²) in [6.07, 6.45) is 2.02. The molecule has 0 aliphatic heterocycles. The van der Waals surface area contributed by atoms with Crippen molar-refractivity contribution >= 4 is 29.9 Å². The van der Waals surface area contributed by atoms with Crippen molar-refractivity contribution in [3.8, 4) is 0 Å². The van der Waals surface area contributed by atoms with E-state index in [2.05, 4.69) is 41.8 Å². The second-order valence-electron chi connectivity index (χ2n) is 5.98. The Balaban J connectivity index is 0.00000338. The van der Waals surface area contributed by atoms with Crippen molar-refractivity contribution in [1.82, 2.24) is 5.32 Å². The van der Waals surface area contributed by atoms with Gasteiger partial charge >= 0.3 is 0 Å². The Hall–Kier alpha value is -2.37. The first kappa shape index (κ1) is 21.7. The van der Waals surface area contributed by atoms with Gasteiger partial charge < -0.3 is 16.4 Å². The minimum atomic E-state index is -0.235. The molecule has 2 aromatic rings. The molecule has 0 bridgehead atoms. The molecule has 0 saturated carbocycles. The quantitative estimate of drug-likeness (QED) is 0.663. The second-order valence-corrected chi connectivity index (χ2v) is 5.98. The summed E-state index contributed by atoms with van der Waals surface area (Å²) < 4.78 is 0. The maximum absolute atomic E-state index is 12.2. The zero-order valence-electron chi connectivity index (χ0n) is 15.0. The average Bonchev–Trinajstić information content (AvgIpc) is 2.62. The number of carbonyl (C=O) groups is 2. The SMILES string of the molecule is Cc1ccc(CCCC(=O)Nc2ccccc2C(=O)NCCN)cc1.Cl. The molecule has 2 rings (SSSR count). The van der Waals surface area contributed by atoms with Crippen molar-refractivity contribution in [3.63, 3.8) is 0 Å². The highest BCUT2D eigenvalue weighted by atomic mass is 35.5. The van der Waals surface area contributed by atoms with Crippen LogP contribution in [0.15, 0.2) is 48.5 Å². The number of hydrogen-bond acceptors (Lipinski definition) is 3. The lowest BCUT2D eigenvalue weighted by atomic mass is 10.1. The molecule has 26 heavy (non-hydrogen) atoms. The van der Waals surface area contributed by atoms with Gasteiger partial charge in [-0.3, -0.25) is 9.59 Å². The first-order chi connectivity index (χ1) is 12.1. The van der Waals surface area contributed by atoms with E-state index < -0.39 is 0 Å². The van der Waals surface area contributed by atoms with Gasteiger partial charge in [-0.15, -0.1) is 12.4 Å². The van der Waals surface area contributed by atoms with Gasteiger partial charge in [0.05, 0.1) is 11.3 Å². The molecule has 140 valence electrons. The first-order valence-corrected chi connectivity index (χ1v) is 8.53. The number of halogens is 1. The number of aryl methyl sites for hydroxylation is 2. The fourth-order valence-corrected chi connectivity index (χ4v) is 2.49. The van der Waals surface area contributed by atoms with Gasteiger partial charge in [0.25, 0.3) is 5.91 Å². The van der Waals surface area contributed by atoms with Crippen LogP contribution in [0.1, 0.15) is 34.3 Å². The zero-order valence-corrected chi connectivity index (χ0v) is 15.8. The summed E-state index contributed by atoms with van der Waals surface area (Å²) in [5.41, 5.74) is 8.82. The van der Waals surface area contributed by atoms with E-state index in [1.807, 2.05) is 0 Å². The minimum absolute atomic E-state index is 0. The molecular weight excluding hydrogens is 350 g/mol. The van der Waals surface area contributed by atoms with Crippen molar-refractivity contribution in [3.05, 3.63) is 65.2 Å². The van der Waals surface area contributed by atoms with Crippen molar-refractivity contribution < 1.29 is 9.59 Å². The Kier molecular flexibility index (Phi) is 9.41. The van der Waals surface area contributed by atoms with Crippen LogP contribution in [0.25, 0.3) is 0 Å². The standard InChI is InChI=1S/C20H25N3O2.ClH/c1-15-9-11-16(12-10-15)5-4-8-19(24)23-18-7-3-2-6-17(18)20(25)22-14-13-21;/h2-3,6-7,9-12H,4-5,8,13-14,21H2,1H3,(H,22,25)(H,23,24);1H. The molecule has 2 aromatic carbocycles. The third kappa shape index (κ3) is 6.86. The molecule has 5 nitrogen and oxygen atoms in total. The van der Waals surface area contributed by atoms with Crippen LogP contribution >= 0.6 is 12.4 Å². The molecule has 0 unspecified atom stereocenters. The Labute approximate surface area is 160 Å². The number of hydrogen-bond donors (Lipinski definition) is 3. The van der Waals surface area contributed by atoms with Crippen LogP contribution in [-0.4, -0.2) is 24.9 Å². The van der Waals surface area contributed by atoms with E-state index in [1.54, 1.807) is 24.3 Å². The largest absolute Gasteiger partial charge is 0.351 e. The van der Waals surface area contributed by atoms with E-state index in [9.17, 15) is 9.59 Å². The lowest BCUT2D eigenvalue weighted by Crippen LogP contribution is -2.29. The molecule has 0 spiro atoms. The third-order valence-corrected chi connectivity index (χ3v) is 3.87. The highest BCUT2D eigenvalue weighted by Crippen LogP contribution is 2.16. The van der Waals surface area contributed by atoms with Crippen molar-refractivity contribution in [2.45, 2.75) is 26.2 Å². The van der Waals surface area contributed by atoms with Crippen LogP contribution in [0.2, 0.25) is 0 Å². The molecule has 6 heteroatoms. The Morgan fingerprint density at radius 1 is 1.04 bits per heavy atom. The van der Waals surface area contributed by atoms with E-state index in [-0.39, 0.29) is 24.2 Å². The summed E-state index contributed by atoms with van der Waals surface area (Å²) in [7, 11) is 0. The maximum Gasteiger partial charge on any atom is 0.253 e. The van der Waals surface area contributed by atoms with Gasteiger partial charge in [0.2, 0.25) is 5.91 Å². The van der Waals surface area contributed by atoms with E-state index in [0.717, 1.165) is 12.8 Å². The van der Waals surface area contributed by atoms with Crippen LogP contribution < -0.4 is 16.4 Å². The smallest absolute Gasteiger partial charge is 0.253 e. The summed E-state index contributed by atoms with van der Waals surface area (Å²) in [6, 6.07) is 15.3. The predicted molar refractivity (Wildman–Crippen MR) is 108 cm³/mol. The monoisotopic (exact) mass is 375 g/mol. The maximum atomic E-state index is 12.2. The molecule has 0 aliphatic rings. The zero-order chi connectivity index (χ0) is 18.1. The predicted octanol–water partition coefficient (Wildman–Crippen LogP) is 3.07. The molecule has 0 saturated heterocycles. The Bertz CT molecular complexity index is 717. The fraction of sp³-hybridized carbons (Fsp3) is 0.300. The fourth-order valence-electron chi connectivity index (χ4n) is 2.49.